The highest BCUT2D eigenvalue weighted by molar-refractivity contribution is 8.02. The van der Waals surface area contributed by atoms with E-state index in [1.165, 1.54) is 16.7 Å². The van der Waals surface area contributed by atoms with E-state index in [0.717, 1.165) is 16.8 Å². The van der Waals surface area contributed by atoms with Gasteiger partial charge in [-0.3, -0.25) is 9.59 Å². The Morgan fingerprint density at radius 2 is 2.05 bits per heavy atom. The van der Waals surface area contributed by atoms with E-state index in [4.69, 9.17) is 0 Å². The third kappa shape index (κ3) is 3.38. The summed E-state index contributed by atoms with van der Waals surface area (Å²) in [7, 11) is 0. The molecule has 0 aliphatic carbocycles. The number of hydrogen-bond donors (Lipinski definition) is 1. The van der Waals surface area contributed by atoms with Crippen molar-refractivity contribution < 1.29 is 9.59 Å². The minimum absolute atomic E-state index is 0.0378. The number of para-hydroxylation sites is 1. The zero-order valence-electron chi connectivity index (χ0n) is 11.0. The van der Waals surface area contributed by atoms with E-state index >= 15 is 0 Å². The normalized spacial score (nSPS) is 14.6. The van der Waals surface area contributed by atoms with Gasteiger partial charge in [0.05, 0.1) is 5.75 Å². The van der Waals surface area contributed by atoms with Crippen molar-refractivity contribution in [1.29, 1.82) is 0 Å². The van der Waals surface area contributed by atoms with Crippen LogP contribution in [0.2, 0.25) is 0 Å². The first-order valence-corrected chi connectivity index (χ1v) is 7.06. The number of hydrogen-bond acceptors (Lipinski definition) is 3. The van der Waals surface area contributed by atoms with Crippen LogP contribution in [0.15, 0.2) is 29.8 Å². The number of benzene rings is 1. The predicted molar refractivity (Wildman–Crippen MR) is 77.9 cm³/mol. The highest BCUT2D eigenvalue weighted by atomic mass is 32.2. The van der Waals surface area contributed by atoms with Crippen LogP contribution in [0.5, 0.6) is 0 Å². The lowest BCUT2D eigenvalue weighted by Crippen LogP contribution is -2.36. The molecular weight excluding hydrogens is 260 g/mol. The van der Waals surface area contributed by atoms with E-state index < -0.39 is 0 Å². The molecule has 1 aliphatic rings. The molecule has 0 bridgehead atoms. The predicted octanol–water partition coefficient (Wildman–Crippen LogP) is 2.29. The molecule has 2 amide bonds. The zero-order valence-corrected chi connectivity index (χ0v) is 11.8. The van der Waals surface area contributed by atoms with E-state index in [2.05, 4.69) is 5.32 Å². The van der Waals surface area contributed by atoms with Gasteiger partial charge >= 0.3 is 0 Å². The van der Waals surface area contributed by atoms with Crippen LogP contribution < -0.4 is 5.32 Å². The van der Waals surface area contributed by atoms with Crippen LogP contribution in [0.25, 0.3) is 0 Å². The van der Waals surface area contributed by atoms with Gasteiger partial charge in [-0.25, -0.2) is 0 Å². The SMILES string of the molecule is Cc1cccc(C)c1NC(=O)CN1C=CSCC1=O. The Kier molecular flexibility index (Phi) is 4.27. The average Bonchev–Trinajstić information content (AvgIpc) is 2.37. The van der Waals surface area contributed by atoms with Gasteiger partial charge in [-0.15, -0.1) is 11.8 Å². The number of thioether (sulfide) groups is 1. The minimum atomic E-state index is -0.178. The number of nitrogens with one attached hydrogen (secondary N) is 1. The number of aryl methyl sites for hydroxylation is 2. The number of anilines is 1. The molecule has 0 aromatic heterocycles. The molecule has 1 heterocycles. The fourth-order valence-electron chi connectivity index (χ4n) is 1.89. The standard InChI is InChI=1S/C14H16N2O2S/c1-10-4-3-5-11(2)14(10)15-12(17)8-16-6-7-19-9-13(16)18/h3-7H,8-9H2,1-2H3,(H,15,17). The summed E-state index contributed by atoms with van der Waals surface area (Å²) in [5.41, 5.74) is 2.86. The molecule has 1 aromatic rings. The van der Waals surface area contributed by atoms with Crippen molar-refractivity contribution in [2.24, 2.45) is 0 Å². The Bertz CT molecular complexity index is 520. The molecule has 0 spiro atoms. The Morgan fingerprint density at radius 3 is 2.68 bits per heavy atom. The molecule has 0 radical (unpaired) electrons. The topological polar surface area (TPSA) is 49.4 Å². The summed E-state index contributed by atoms with van der Waals surface area (Å²) in [6, 6.07) is 5.85. The smallest absolute Gasteiger partial charge is 0.244 e. The van der Waals surface area contributed by atoms with E-state index in [-0.39, 0.29) is 18.4 Å². The molecule has 0 atom stereocenters. The summed E-state index contributed by atoms with van der Waals surface area (Å²) in [5, 5.41) is 4.70. The molecular formula is C14H16N2O2S. The van der Waals surface area contributed by atoms with Gasteiger partial charge in [-0.05, 0) is 30.4 Å². The lowest BCUT2D eigenvalue weighted by atomic mass is 10.1. The maximum Gasteiger partial charge on any atom is 0.244 e. The molecule has 0 saturated carbocycles. The van der Waals surface area contributed by atoms with Crippen LogP contribution >= 0.6 is 11.8 Å². The van der Waals surface area contributed by atoms with Crippen LogP contribution in [0.3, 0.4) is 0 Å². The third-order valence-corrected chi connectivity index (χ3v) is 3.65. The number of amides is 2. The maximum absolute atomic E-state index is 12.0. The number of rotatable bonds is 3. The Morgan fingerprint density at radius 1 is 1.37 bits per heavy atom. The lowest BCUT2D eigenvalue weighted by molar-refractivity contribution is -0.129. The summed E-state index contributed by atoms with van der Waals surface area (Å²) in [4.78, 5) is 25.0. The molecule has 19 heavy (non-hydrogen) atoms. The number of nitrogens with zero attached hydrogens (tertiary/aromatic N) is 1. The van der Waals surface area contributed by atoms with Crippen molar-refractivity contribution in [1.82, 2.24) is 4.90 Å². The van der Waals surface area contributed by atoms with Crippen LogP contribution in [0.4, 0.5) is 5.69 Å². The molecule has 1 aromatic carbocycles. The highest BCUT2D eigenvalue weighted by Crippen LogP contribution is 2.19. The monoisotopic (exact) mass is 276 g/mol. The number of carbonyl (C=O) groups excluding carboxylic acids is 2. The van der Waals surface area contributed by atoms with Crippen molar-refractivity contribution in [3.05, 3.63) is 40.9 Å². The number of carbonyl (C=O) groups is 2. The van der Waals surface area contributed by atoms with Gasteiger partial charge in [-0.1, -0.05) is 18.2 Å². The molecule has 100 valence electrons. The average molecular weight is 276 g/mol. The molecule has 5 heteroatoms. The lowest BCUT2D eigenvalue weighted by Gasteiger charge is -2.21. The quantitative estimate of drug-likeness (QED) is 0.921. The van der Waals surface area contributed by atoms with Crippen LogP contribution in [-0.2, 0) is 9.59 Å². The molecule has 0 unspecified atom stereocenters. The highest BCUT2D eigenvalue weighted by Gasteiger charge is 2.18. The van der Waals surface area contributed by atoms with Gasteiger partial charge in [0, 0.05) is 11.9 Å². The summed E-state index contributed by atoms with van der Waals surface area (Å²) in [5.74, 6) is 0.180. The van der Waals surface area contributed by atoms with Gasteiger partial charge < -0.3 is 10.2 Å². The fourth-order valence-corrected chi connectivity index (χ4v) is 2.53. The molecule has 0 fully saturated rings. The van der Waals surface area contributed by atoms with Gasteiger partial charge in [-0.2, -0.15) is 0 Å². The Labute approximate surface area is 116 Å². The van der Waals surface area contributed by atoms with E-state index in [1.54, 1.807) is 6.20 Å². The first-order valence-electron chi connectivity index (χ1n) is 6.02. The van der Waals surface area contributed by atoms with Crippen molar-refractivity contribution in [2.75, 3.05) is 17.6 Å². The summed E-state index contributed by atoms with van der Waals surface area (Å²) in [6.45, 7) is 3.96. The molecule has 1 N–H and O–H groups in total. The maximum atomic E-state index is 12.0. The Hall–Kier alpha value is -1.75. The zero-order chi connectivity index (χ0) is 13.8. The van der Waals surface area contributed by atoms with E-state index in [0.29, 0.717) is 5.75 Å². The first kappa shape index (κ1) is 13.7. The summed E-state index contributed by atoms with van der Waals surface area (Å²) in [6.07, 6.45) is 1.65. The van der Waals surface area contributed by atoms with Crippen molar-refractivity contribution in [3.63, 3.8) is 0 Å². The van der Waals surface area contributed by atoms with Gasteiger partial charge in [0.25, 0.3) is 0 Å². The van der Waals surface area contributed by atoms with Crippen LogP contribution in [-0.4, -0.2) is 29.0 Å². The molecule has 1 aliphatic heterocycles. The second kappa shape index (κ2) is 5.93. The summed E-state index contributed by atoms with van der Waals surface area (Å²) < 4.78 is 0. The van der Waals surface area contributed by atoms with Gasteiger partial charge in [0.15, 0.2) is 0 Å². The van der Waals surface area contributed by atoms with E-state index in [9.17, 15) is 9.59 Å². The first-order chi connectivity index (χ1) is 9.08. The van der Waals surface area contributed by atoms with Gasteiger partial charge in [0.2, 0.25) is 11.8 Å². The van der Waals surface area contributed by atoms with Crippen LogP contribution in [0, 0.1) is 13.8 Å². The second-order valence-corrected chi connectivity index (χ2v) is 5.33. The van der Waals surface area contributed by atoms with E-state index in [1.807, 2.05) is 37.5 Å². The van der Waals surface area contributed by atoms with Crippen molar-refractivity contribution in [3.8, 4) is 0 Å². The Balaban J connectivity index is 2.03. The van der Waals surface area contributed by atoms with Crippen LogP contribution in [0.1, 0.15) is 11.1 Å². The third-order valence-electron chi connectivity index (χ3n) is 2.92. The molecule has 4 nitrogen and oxygen atoms in total. The second-order valence-electron chi connectivity index (χ2n) is 4.43. The fraction of sp³-hybridized carbons (Fsp3) is 0.286. The largest absolute Gasteiger partial charge is 0.324 e. The van der Waals surface area contributed by atoms with Crippen molar-refractivity contribution in [2.45, 2.75) is 13.8 Å². The minimum Gasteiger partial charge on any atom is -0.324 e. The van der Waals surface area contributed by atoms with Crippen molar-refractivity contribution >= 4 is 29.3 Å². The molecule has 2 rings (SSSR count). The summed E-state index contributed by atoms with van der Waals surface area (Å²) >= 11 is 1.44. The molecule has 0 saturated heterocycles. The van der Waals surface area contributed by atoms with Gasteiger partial charge in [0.1, 0.15) is 6.54 Å².